The molecule has 1 fully saturated rings. The van der Waals surface area contributed by atoms with Crippen molar-refractivity contribution in [2.45, 2.75) is 80.3 Å². The van der Waals surface area contributed by atoms with E-state index in [1.54, 1.807) is 25.1 Å². The molecule has 7 heteroatoms. The average molecular weight is 550 g/mol. The first-order valence-corrected chi connectivity index (χ1v) is 14.2. The van der Waals surface area contributed by atoms with Crippen molar-refractivity contribution >= 4 is 17.5 Å². The average Bonchev–Trinajstić information content (AvgIpc) is 3.69. The molecule has 7 nitrogen and oxygen atoms in total. The van der Waals surface area contributed by atoms with Crippen LogP contribution in [0.3, 0.4) is 0 Å². The predicted octanol–water partition coefficient (Wildman–Crippen LogP) is 7.41. The van der Waals surface area contributed by atoms with Gasteiger partial charge in [-0.05, 0) is 88.5 Å². The third-order valence-corrected chi connectivity index (χ3v) is 6.56. The molecule has 1 aliphatic carbocycles. The van der Waals surface area contributed by atoms with Crippen molar-refractivity contribution in [3.8, 4) is 6.07 Å². The molecule has 0 aromatic carbocycles. The highest BCUT2D eigenvalue weighted by molar-refractivity contribution is 6.05. The van der Waals surface area contributed by atoms with Gasteiger partial charge in [-0.2, -0.15) is 5.26 Å². The highest BCUT2D eigenvalue weighted by Gasteiger charge is 2.32. The Hall–Kier alpha value is -3.40. The van der Waals surface area contributed by atoms with Crippen LogP contribution >= 0.6 is 0 Å². The first-order chi connectivity index (χ1) is 18.6. The van der Waals surface area contributed by atoms with Crippen molar-refractivity contribution < 1.29 is 9.53 Å². The summed E-state index contributed by atoms with van der Waals surface area (Å²) in [7, 11) is 3.46. The Morgan fingerprint density at radius 3 is 2.25 bits per heavy atom. The van der Waals surface area contributed by atoms with Crippen molar-refractivity contribution in [2.24, 2.45) is 22.7 Å². The largest absolute Gasteiger partial charge is 0.444 e. The van der Waals surface area contributed by atoms with E-state index in [1.807, 2.05) is 41.5 Å². The van der Waals surface area contributed by atoms with E-state index < -0.39 is 5.60 Å². The summed E-state index contributed by atoms with van der Waals surface area (Å²) in [6.07, 6.45) is 6.09. The topological polar surface area (TPSA) is 102 Å². The lowest BCUT2D eigenvalue weighted by Gasteiger charge is -2.29. The minimum atomic E-state index is -0.571. The molecular weight excluding hydrogens is 498 g/mol. The highest BCUT2D eigenvalue weighted by atomic mass is 16.6. The van der Waals surface area contributed by atoms with E-state index in [1.165, 1.54) is 0 Å². The lowest BCUT2D eigenvalue weighted by Crippen LogP contribution is -2.39. The minimum Gasteiger partial charge on any atom is -0.444 e. The van der Waals surface area contributed by atoms with Gasteiger partial charge >= 0.3 is 6.09 Å². The first-order valence-electron chi connectivity index (χ1n) is 14.2. The lowest BCUT2D eigenvalue weighted by atomic mass is 9.83. The Bertz CT molecular complexity index is 1130. The number of carbonyl (C=O) groups excluding carboxylic acids is 1. The van der Waals surface area contributed by atoms with Crippen molar-refractivity contribution in [3.63, 3.8) is 0 Å². The molecule has 1 rings (SSSR count). The van der Waals surface area contributed by atoms with Gasteiger partial charge < -0.3 is 20.4 Å². The Kier molecular flexibility index (Phi) is 13.3. The molecule has 40 heavy (non-hydrogen) atoms. The van der Waals surface area contributed by atoms with Gasteiger partial charge in [0.1, 0.15) is 17.4 Å². The Balaban J connectivity index is 3.54. The van der Waals surface area contributed by atoms with Crippen LogP contribution in [-0.2, 0) is 4.74 Å². The smallest absolute Gasteiger partial charge is 0.410 e. The van der Waals surface area contributed by atoms with Crippen molar-refractivity contribution in [1.29, 1.82) is 10.7 Å². The summed E-state index contributed by atoms with van der Waals surface area (Å²) in [5.41, 5.74) is 5.89. The molecule has 0 radical (unpaired) electrons. The van der Waals surface area contributed by atoms with E-state index in [-0.39, 0.29) is 12.0 Å². The second-order valence-corrected chi connectivity index (χ2v) is 12.1. The second kappa shape index (κ2) is 15.4. The van der Waals surface area contributed by atoms with Gasteiger partial charge in [-0.25, -0.2) is 4.79 Å². The SMILES string of the molecule is C=C(C)/C(C(=C)CCN(CC(C)C)C(=O)OC(C)(C)C)=C(C(=C\C(C)C(=N)/C=C(/C#N)NC)/C1CC1)\C(C)=N/C. The summed E-state index contributed by atoms with van der Waals surface area (Å²) in [4.78, 5) is 19.3. The van der Waals surface area contributed by atoms with Crippen molar-refractivity contribution in [2.75, 3.05) is 27.2 Å². The second-order valence-electron chi connectivity index (χ2n) is 12.1. The van der Waals surface area contributed by atoms with Crippen LogP contribution in [0.25, 0.3) is 0 Å². The Morgan fingerprint density at radius 1 is 1.23 bits per heavy atom. The molecule has 0 bridgehead atoms. The fraction of sp³-hybridized carbons (Fsp3) is 0.576. The van der Waals surface area contributed by atoms with E-state index in [4.69, 9.17) is 10.1 Å². The summed E-state index contributed by atoms with van der Waals surface area (Å²) < 4.78 is 5.68. The zero-order valence-corrected chi connectivity index (χ0v) is 26.5. The van der Waals surface area contributed by atoms with Crippen LogP contribution in [0.4, 0.5) is 4.79 Å². The third-order valence-electron chi connectivity index (χ3n) is 6.56. The predicted molar refractivity (Wildman–Crippen MR) is 168 cm³/mol. The van der Waals surface area contributed by atoms with E-state index in [2.05, 4.69) is 49.5 Å². The molecule has 220 valence electrons. The van der Waals surface area contributed by atoms with Crippen molar-refractivity contribution in [3.05, 3.63) is 58.9 Å². The molecule has 0 aliphatic heterocycles. The molecule has 0 spiro atoms. The molecule has 1 atom stereocenters. The highest BCUT2D eigenvalue weighted by Crippen LogP contribution is 2.44. The Morgan fingerprint density at radius 2 is 1.82 bits per heavy atom. The summed E-state index contributed by atoms with van der Waals surface area (Å²) in [6, 6.07) is 2.08. The molecule has 0 aromatic rings. The maximum atomic E-state index is 13.0. The summed E-state index contributed by atoms with van der Waals surface area (Å²) in [6.45, 7) is 25.6. The zero-order valence-electron chi connectivity index (χ0n) is 26.5. The number of nitrogens with zero attached hydrogens (tertiary/aromatic N) is 3. The van der Waals surface area contributed by atoms with Gasteiger partial charge in [0.15, 0.2) is 0 Å². The minimum absolute atomic E-state index is 0.208. The van der Waals surface area contributed by atoms with E-state index in [0.717, 1.165) is 46.4 Å². The Labute approximate surface area is 243 Å². The number of rotatable bonds is 14. The fourth-order valence-electron chi connectivity index (χ4n) is 4.38. The summed E-state index contributed by atoms with van der Waals surface area (Å²) in [5.74, 6) is 0.453. The number of hydrogen-bond donors (Lipinski definition) is 2. The van der Waals surface area contributed by atoms with Crippen LogP contribution in [0.1, 0.15) is 74.7 Å². The number of carbonyl (C=O) groups is 1. The summed E-state index contributed by atoms with van der Waals surface area (Å²) in [5, 5.41) is 20.7. The molecular formula is C33H51N5O2. The quantitative estimate of drug-likeness (QED) is 0.134. The van der Waals surface area contributed by atoms with Crippen LogP contribution in [0.15, 0.2) is 63.9 Å². The number of ether oxygens (including phenoxy) is 1. The monoisotopic (exact) mass is 549 g/mol. The van der Waals surface area contributed by atoms with Crippen LogP contribution in [0.2, 0.25) is 0 Å². The van der Waals surface area contributed by atoms with Crippen LogP contribution in [-0.4, -0.2) is 55.2 Å². The first kappa shape index (κ1) is 34.6. The number of amides is 1. The molecule has 0 aromatic heterocycles. The number of nitrogens with one attached hydrogen (secondary N) is 2. The standard InChI is InChI=1S/C33H51N5O2/c1-21(2)20-38(32(39)40-33(8,9)10)16-15-23(5)30(22(3)4)31(25(7)36-11)28(26-13-14-26)17-24(6)29(35)18-27(19-34)37-12/h17-18,21,24,26,35,37H,3,5,13-16,20H2,1-2,4,6-12H3/b27-18-,28-17-,31-30-,35-29?,36-25-. The summed E-state index contributed by atoms with van der Waals surface area (Å²) >= 11 is 0. The maximum absolute atomic E-state index is 13.0. The third kappa shape index (κ3) is 11.0. The molecule has 1 unspecified atom stereocenters. The molecule has 1 saturated carbocycles. The maximum Gasteiger partial charge on any atom is 0.410 e. The van der Waals surface area contributed by atoms with Gasteiger partial charge in [0.25, 0.3) is 0 Å². The molecule has 1 amide bonds. The molecule has 0 heterocycles. The number of aliphatic imine (C=N–C) groups is 1. The van der Waals surface area contributed by atoms with Gasteiger partial charge in [0.05, 0.1) is 0 Å². The normalized spacial score (nSPS) is 16.1. The number of hydrogen-bond acceptors (Lipinski definition) is 6. The van der Waals surface area contributed by atoms with E-state index in [9.17, 15) is 10.1 Å². The number of nitriles is 1. The van der Waals surface area contributed by atoms with Gasteiger partial charge in [-0.3, -0.25) is 4.99 Å². The molecule has 2 N–H and O–H groups in total. The van der Waals surface area contributed by atoms with Crippen LogP contribution in [0.5, 0.6) is 0 Å². The van der Waals surface area contributed by atoms with E-state index >= 15 is 0 Å². The van der Waals surface area contributed by atoms with Gasteiger partial charge in [0, 0.05) is 50.1 Å². The fourth-order valence-corrected chi connectivity index (χ4v) is 4.38. The lowest BCUT2D eigenvalue weighted by molar-refractivity contribution is 0.0231. The van der Waals surface area contributed by atoms with Crippen molar-refractivity contribution in [1.82, 2.24) is 10.2 Å². The zero-order chi connectivity index (χ0) is 30.8. The van der Waals surface area contributed by atoms with Gasteiger partial charge in [-0.1, -0.05) is 45.6 Å². The molecule has 0 saturated heterocycles. The van der Waals surface area contributed by atoms with Gasteiger partial charge in [-0.15, -0.1) is 0 Å². The van der Waals surface area contributed by atoms with E-state index in [0.29, 0.717) is 42.8 Å². The van der Waals surface area contributed by atoms with Crippen LogP contribution in [0, 0.1) is 34.5 Å². The van der Waals surface area contributed by atoms with Crippen LogP contribution < -0.4 is 5.32 Å². The van der Waals surface area contributed by atoms with Gasteiger partial charge in [0.2, 0.25) is 0 Å². The number of allylic oxidation sites excluding steroid dienone is 7. The molecule has 1 aliphatic rings.